The molecule has 2 aromatic rings. The Kier molecular flexibility index (Phi) is 3.95. The first-order valence-electron chi connectivity index (χ1n) is 7.39. The van der Waals surface area contributed by atoms with Crippen molar-refractivity contribution in [3.8, 4) is 0 Å². The summed E-state index contributed by atoms with van der Waals surface area (Å²) in [6.07, 6.45) is 5.02. The number of rotatable bonds is 6. The molecule has 110 valence electrons. The van der Waals surface area contributed by atoms with Crippen LogP contribution >= 0.6 is 0 Å². The Morgan fingerprint density at radius 1 is 1.24 bits per heavy atom. The van der Waals surface area contributed by atoms with Crippen molar-refractivity contribution in [2.75, 3.05) is 5.73 Å². The molecule has 1 heterocycles. The van der Waals surface area contributed by atoms with Gasteiger partial charge in [0.2, 0.25) is 5.91 Å². The fraction of sp³-hybridized carbons (Fsp3) is 0.353. The minimum Gasteiger partial charge on any atom is -0.467 e. The zero-order chi connectivity index (χ0) is 14.7. The second-order valence-corrected chi connectivity index (χ2v) is 5.53. The number of nitrogen functional groups attached to an aromatic ring is 1. The molecule has 1 amide bonds. The average molecular weight is 284 g/mol. The summed E-state index contributed by atoms with van der Waals surface area (Å²) >= 11 is 0. The minimum atomic E-state index is 0.178. The van der Waals surface area contributed by atoms with Crippen molar-refractivity contribution >= 4 is 11.6 Å². The van der Waals surface area contributed by atoms with Crippen molar-refractivity contribution in [3.63, 3.8) is 0 Å². The fourth-order valence-electron chi connectivity index (χ4n) is 2.52. The standard InChI is InChI=1S/C17H20N2O2/c18-16-6-2-1-4-13(16)7-10-17(20)19(14-8-9-14)12-15-5-3-11-21-15/h1-6,11,14H,7-10,12,18H2. The number of aryl methyl sites for hydroxylation is 1. The highest BCUT2D eigenvalue weighted by Gasteiger charge is 2.32. The van der Waals surface area contributed by atoms with Crippen molar-refractivity contribution in [2.45, 2.75) is 38.3 Å². The normalized spacial score (nSPS) is 14.1. The molecule has 1 aliphatic rings. The quantitative estimate of drug-likeness (QED) is 0.830. The van der Waals surface area contributed by atoms with Crippen LogP contribution in [0.15, 0.2) is 47.1 Å². The Morgan fingerprint density at radius 3 is 2.71 bits per heavy atom. The number of nitrogens with two attached hydrogens (primary N) is 1. The highest BCUT2D eigenvalue weighted by molar-refractivity contribution is 5.77. The summed E-state index contributed by atoms with van der Waals surface area (Å²) in [7, 11) is 0. The van der Waals surface area contributed by atoms with E-state index in [1.165, 1.54) is 0 Å². The largest absolute Gasteiger partial charge is 0.467 e. The van der Waals surface area contributed by atoms with Gasteiger partial charge in [-0.3, -0.25) is 4.79 Å². The fourth-order valence-corrected chi connectivity index (χ4v) is 2.52. The molecule has 1 aliphatic carbocycles. The summed E-state index contributed by atoms with van der Waals surface area (Å²) in [6.45, 7) is 0.570. The molecule has 1 saturated carbocycles. The van der Waals surface area contributed by atoms with Gasteiger partial charge in [-0.2, -0.15) is 0 Å². The van der Waals surface area contributed by atoms with E-state index in [-0.39, 0.29) is 5.91 Å². The highest BCUT2D eigenvalue weighted by atomic mass is 16.3. The van der Waals surface area contributed by atoms with E-state index >= 15 is 0 Å². The van der Waals surface area contributed by atoms with Gasteiger partial charge in [0.15, 0.2) is 0 Å². The van der Waals surface area contributed by atoms with Gasteiger partial charge in [-0.1, -0.05) is 18.2 Å². The molecule has 0 aliphatic heterocycles. The highest BCUT2D eigenvalue weighted by Crippen LogP contribution is 2.29. The number of carbonyl (C=O) groups is 1. The van der Waals surface area contributed by atoms with Crippen LogP contribution in [0.25, 0.3) is 0 Å². The third kappa shape index (κ3) is 3.45. The smallest absolute Gasteiger partial charge is 0.223 e. The van der Waals surface area contributed by atoms with Crippen LogP contribution < -0.4 is 5.73 Å². The van der Waals surface area contributed by atoms with Crippen LogP contribution in [0.2, 0.25) is 0 Å². The molecule has 2 N–H and O–H groups in total. The van der Waals surface area contributed by atoms with Gasteiger partial charge in [-0.15, -0.1) is 0 Å². The van der Waals surface area contributed by atoms with Crippen molar-refractivity contribution in [2.24, 2.45) is 0 Å². The minimum absolute atomic E-state index is 0.178. The van der Waals surface area contributed by atoms with Crippen LogP contribution in [0.1, 0.15) is 30.6 Å². The zero-order valence-corrected chi connectivity index (χ0v) is 12.0. The first-order valence-corrected chi connectivity index (χ1v) is 7.39. The molecule has 1 fully saturated rings. The van der Waals surface area contributed by atoms with E-state index in [2.05, 4.69) is 0 Å². The second kappa shape index (κ2) is 6.04. The Morgan fingerprint density at radius 2 is 2.05 bits per heavy atom. The summed E-state index contributed by atoms with van der Waals surface area (Å²) < 4.78 is 5.36. The van der Waals surface area contributed by atoms with E-state index in [9.17, 15) is 4.79 Å². The van der Waals surface area contributed by atoms with E-state index in [4.69, 9.17) is 10.2 Å². The van der Waals surface area contributed by atoms with Gasteiger partial charge in [0.05, 0.1) is 12.8 Å². The topological polar surface area (TPSA) is 59.5 Å². The molecular formula is C17H20N2O2. The molecule has 0 unspecified atom stereocenters. The van der Waals surface area contributed by atoms with Crippen molar-refractivity contribution in [1.29, 1.82) is 0 Å². The molecule has 0 radical (unpaired) electrons. The molecule has 4 heteroatoms. The summed E-state index contributed by atoms with van der Waals surface area (Å²) in [5.74, 6) is 1.02. The van der Waals surface area contributed by atoms with Gasteiger partial charge in [-0.25, -0.2) is 0 Å². The maximum atomic E-state index is 12.5. The first-order chi connectivity index (χ1) is 10.2. The van der Waals surface area contributed by atoms with Crippen LogP contribution in [0.3, 0.4) is 0 Å². The van der Waals surface area contributed by atoms with Crippen molar-refractivity contribution < 1.29 is 9.21 Å². The van der Waals surface area contributed by atoms with E-state index in [1.807, 2.05) is 41.3 Å². The lowest BCUT2D eigenvalue weighted by molar-refractivity contribution is -0.132. The Bertz CT molecular complexity index is 603. The predicted molar refractivity (Wildman–Crippen MR) is 81.5 cm³/mol. The first kappa shape index (κ1) is 13.7. The van der Waals surface area contributed by atoms with Crippen LogP contribution in [-0.2, 0) is 17.8 Å². The number of furan rings is 1. The Labute approximate surface area is 124 Å². The molecule has 0 bridgehead atoms. The van der Waals surface area contributed by atoms with Crippen LogP contribution in [0.5, 0.6) is 0 Å². The third-order valence-electron chi connectivity index (χ3n) is 3.88. The van der Waals surface area contributed by atoms with Gasteiger partial charge in [-0.05, 0) is 43.0 Å². The molecule has 0 saturated heterocycles. The van der Waals surface area contributed by atoms with Gasteiger partial charge in [0.1, 0.15) is 5.76 Å². The number of hydrogen-bond acceptors (Lipinski definition) is 3. The summed E-state index contributed by atoms with van der Waals surface area (Å²) in [5.41, 5.74) is 7.72. The second-order valence-electron chi connectivity index (χ2n) is 5.53. The van der Waals surface area contributed by atoms with Gasteiger partial charge < -0.3 is 15.1 Å². The summed E-state index contributed by atoms with van der Waals surface area (Å²) in [4.78, 5) is 14.4. The average Bonchev–Trinajstić information content (AvgIpc) is 3.20. The van der Waals surface area contributed by atoms with E-state index in [0.29, 0.717) is 25.4 Å². The van der Waals surface area contributed by atoms with Gasteiger partial charge >= 0.3 is 0 Å². The number of hydrogen-bond donors (Lipinski definition) is 1. The van der Waals surface area contributed by atoms with Gasteiger partial charge in [0.25, 0.3) is 0 Å². The number of anilines is 1. The van der Waals surface area contributed by atoms with Crippen LogP contribution in [0.4, 0.5) is 5.69 Å². The lowest BCUT2D eigenvalue weighted by Crippen LogP contribution is -2.32. The number of amides is 1. The molecule has 0 atom stereocenters. The third-order valence-corrected chi connectivity index (χ3v) is 3.88. The lowest BCUT2D eigenvalue weighted by Gasteiger charge is -2.21. The number of para-hydroxylation sites is 1. The maximum absolute atomic E-state index is 12.5. The number of benzene rings is 1. The predicted octanol–water partition coefficient (Wildman–Crippen LogP) is 2.99. The van der Waals surface area contributed by atoms with E-state index in [0.717, 1.165) is 29.9 Å². The molecule has 3 rings (SSSR count). The van der Waals surface area contributed by atoms with Crippen LogP contribution in [-0.4, -0.2) is 16.8 Å². The molecule has 1 aromatic heterocycles. The monoisotopic (exact) mass is 284 g/mol. The van der Waals surface area contributed by atoms with E-state index < -0.39 is 0 Å². The van der Waals surface area contributed by atoms with Crippen molar-refractivity contribution in [1.82, 2.24) is 4.90 Å². The molecule has 0 spiro atoms. The SMILES string of the molecule is Nc1ccccc1CCC(=O)N(Cc1ccco1)C1CC1. The lowest BCUT2D eigenvalue weighted by atomic mass is 10.1. The van der Waals surface area contributed by atoms with Crippen LogP contribution in [0, 0.1) is 0 Å². The summed E-state index contributed by atoms with van der Waals surface area (Å²) in [6, 6.07) is 11.9. The molecule has 1 aromatic carbocycles. The number of carbonyl (C=O) groups excluding carboxylic acids is 1. The molecule has 21 heavy (non-hydrogen) atoms. The van der Waals surface area contributed by atoms with Crippen molar-refractivity contribution in [3.05, 3.63) is 54.0 Å². The van der Waals surface area contributed by atoms with E-state index in [1.54, 1.807) is 6.26 Å². The maximum Gasteiger partial charge on any atom is 0.223 e. The zero-order valence-electron chi connectivity index (χ0n) is 12.0. The molecular weight excluding hydrogens is 264 g/mol. The Balaban J connectivity index is 1.61. The Hall–Kier alpha value is -2.23. The summed E-state index contributed by atoms with van der Waals surface area (Å²) in [5, 5.41) is 0. The van der Waals surface area contributed by atoms with Gasteiger partial charge in [0, 0.05) is 18.2 Å². The number of nitrogens with zero attached hydrogens (tertiary/aromatic N) is 1. The molecule has 4 nitrogen and oxygen atoms in total.